The fraction of sp³-hybridized carbons (Fsp3) is 0.519. The molecule has 0 bridgehead atoms. The van der Waals surface area contributed by atoms with Gasteiger partial charge in [-0.1, -0.05) is 17.7 Å². The van der Waals surface area contributed by atoms with Crippen molar-refractivity contribution in [3.05, 3.63) is 58.4 Å². The van der Waals surface area contributed by atoms with Gasteiger partial charge in [-0.25, -0.2) is 4.39 Å². The lowest BCUT2D eigenvalue weighted by Gasteiger charge is -2.37. The van der Waals surface area contributed by atoms with Crippen molar-refractivity contribution in [2.24, 2.45) is 0 Å². The molecule has 2 aliphatic rings. The first kappa shape index (κ1) is 29.5. The molecule has 0 saturated carbocycles. The van der Waals surface area contributed by atoms with Crippen LogP contribution in [0.1, 0.15) is 22.3 Å². The van der Waals surface area contributed by atoms with Crippen LogP contribution in [0.3, 0.4) is 0 Å². The number of hydrogen-bond donors (Lipinski definition) is 2. The lowest BCUT2D eigenvalue weighted by Crippen LogP contribution is -2.47. The Kier molecular flexibility index (Phi) is 10.4. The molecule has 0 unspecified atom stereocenters. The van der Waals surface area contributed by atoms with Gasteiger partial charge in [0.2, 0.25) is 0 Å². The van der Waals surface area contributed by atoms with Gasteiger partial charge >= 0.3 is 6.18 Å². The zero-order valence-electron chi connectivity index (χ0n) is 21.7. The number of piperazine rings is 1. The van der Waals surface area contributed by atoms with Crippen molar-refractivity contribution in [3.8, 4) is 0 Å². The molecule has 2 fully saturated rings. The summed E-state index contributed by atoms with van der Waals surface area (Å²) >= 11 is 6.21. The number of amides is 1. The number of hydrogen-bond acceptors (Lipinski definition) is 6. The Hall–Kier alpha value is -2.44. The van der Waals surface area contributed by atoms with Crippen LogP contribution in [-0.4, -0.2) is 94.0 Å². The summed E-state index contributed by atoms with van der Waals surface area (Å²) in [5, 5.41) is 6.55. The van der Waals surface area contributed by atoms with E-state index in [2.05, 4.69) is 15.5 Å². The van der Waals surface area contributed by atoms with Crippen LogP contribution >= 0.6 is 11.6 Å². The van der Waals surface area contributed by atoms with Crippen LogP contribution in [0.15, 0.2) is 36.4 Å². The van der Waals surface area contributed by atoms with Gasteiger partial charge in [-0.2, -0.15) is 13.2 Å². The molecule has 39 heavy (non-hydrogen) atoms. The molecule has 2 aliphatic heterocycles. The highest BCUT2D eigenvalue weighted by atomic mass is 35.5. The average molecular weight is 572 g/mol. The molecular weight excluding hydrogens is 538 g/mol. The maximum Gasteiger partial charge on any atom is 0.390 e. The maximum absolute atomic E-state index is 14.9. The second kappa shape index (κ2) is 13.8. The summed E-state index contributed by atoms with van der Waals surface area (Å²) in [5.41, 5.74) is 1.76. The number of carbonyl (C=O) groups is 1. The van der Waals surface area contributed by atoms with E-state index in [1.807, 2.05) is 4.90 Å². The van der Waals surface area contributed by atoms with Crippen molar-refractivity contribution < 1.29 is 27.1 Å². The quantitative estimate of drug-likeness (QED) is 0.329. The van der Waals surface area contributed by atoms with Gasteiger partial charge in [0.25, 0.3) is 5.91 Å². The summed E-state index contributed by atoms with van der Waals surface area (Å²) in [5.74, 6) is -1.21. The van der Waals surface area contributed by atoms with Crippen LogP contribution in [0.25, 0.3) is 0 Å². The molecule has 4 rings (SSSR count). The van der Waals surface area contributed by atoms with Crippen molar-refractivity contribution >= 4 is 28.9 Å². The summed E-state index contributed by atoms with van der Waals surface area (Å²) in [6.07, 6.45) is -5.03. The number of carbonyl (C=O) groups excluding carboxylic acids is 1. The van der Waals surface area contributed by atoms with Crippen molar-refractivity contribution in [3.63, 3.8) is 0 Å². The van der Waals surface area contributed by atoms with Gasteiger partial charge in [-0.05, 0) is 35.9 Å². The molecule has 2 heterocycles. The smallest absolute Gasteiger partial charge is 0.379 e. The molecule has 2 saturated heterocycles. The first-order valence-electron chi connectivity index (χ1n) is 13.1. The van der Waals surface area contributed by atoms with E-state index in [0.29, 0.717) is 49.1 Å². The minimum absolute atomic E-state index is 0.0465. The van der Waals surface area contributed by atoms with Gasteiger partial charge in [0.05, 0.1) is 36.6 Å². The largest absolute Gasteiger partial charge is 0.390 e. The maximum atomic E-state index is 14.9. The highest BCUT2D eigenvalue weighted by Gasteiger charge is 2.29. The summed E-state index contributed by atoms with van der Waals surface area (Å²) in [4.78, 5) is 19.0. The molecule has 0 spiro atoms. The van der Waals surface area contributed by atoms with Crippen LogP contribution in [0.4, 0.5) is 28.9 Å². The number of ether oxygens (including phenoxy) is 1. The normalized spacial score (nSPS) is 17.4. The number of alkyl halides is 3. The second-order valence-corrected chi connectivity index (χ2v) is 10.2. The molecular formula is C27H34ClF4N5O2. The summed E-state index contributed by atoms with van der Waals surface area (Å²) in [6, 6.07) is 9.53. The van der Waals surface area contributed by atoms with Crippen LogP contribution in [-0.2, 0) is 11.3 Å². The lowest BCUT2D eigenvalue weighted by atomic mass is 10.1. The van der Waals surface area contributed by atoms with Gasteiger partial charge in [0, 0.05) is 70.5 Å². The Bertz CT molecular complexity index is 1110. The number of morpholine rings is 1. The minimum Gasteiger partial charge on any atom is -0.379 e. The minimum atomic E-state index is -4.19. The molecule has 0 atom stereocenters. The highest BCUT2D eigenvalue weighted by Crippen LogP contribution is 2.31. The molecule has 2 aromatic rings. The Morgan fingerprint density at radius 3 is 2.36 bits per heavy atom. The molecule has 2 aromatic carbocycles. The van der Waals surface area contributed by atoms with Crippen LogP contribution in [0.2, 0.25) is 5.02 Å². The molecule has 7 nitrogen and oxygen atoms in total. The number of anilines is 2. The molecule has 0 aliphatic carbocycles. The van der Waals surface area contributed by atoms with Crippen molar-refractivity contribution in [1.29, 1.82) is 0 Å². The third-order valence-corrected chi connectivity index (χ3v) is 7.18. The summed E-state index contributed by atoms with van der Waals surface area (Å²) in [7, 11) is 0. The van der Waals surface area contributed by atoms with Crippen LogP contribution in [0, 0.1) is 5.82 Å². The predicted molar refractivity (Wildman–Crippen MR) is 144 cm³/mol. The van der Waals surface area contributed by atoms with Gasteiger partial charge in [0.15, 0.2) is 0 Å². The van der Waals surface area contributed by atoms with E-state index in [1.54, 1.807) is 29.2 Å². The Morgan fingerprint density at radius 1 is 0.949 bits per heavy atom. The lowest BCUT2D eigenvalue weighted by molar-refractivity contribution is -0.138. The van der Waals surface area contributed by atoms with E-state index < -0.39 is 24.3 Å². The second-order valence-electron chi connectivity index (χ2n) is 9.75. The van der Waals surface area contributed by atoms with E-state index >= 15 is 0 Å². The van der Waals surface area contributed by atoms with Crippen molar-refractivity contribution in [1.82, 2.24) is 15.1 Å². The van der Waals surface area contributed by atoms with Gasteiger partial charge in [-0.15, -0.1) is 0 Å². The molecule has 0 radical (unpaired) electrons. The van der Waals surface area contributed by atoms with Crippen molar-refractivity contribution in [2.75, 3.05) is 82.3 Å². The van der Waals surface area contributed by atoms with Gasteiger partial charge < -0.3 is 20.3 Å². The summed E-state index contributed by atoms with van der Waals surface area (Å²) < 4.78 is 57.9. The number of nitrogens with zero attached hydrogens (tertiary/aromatic N) is 3. The first-order valence-corrected chi connectivity index (χ1v) is 13.5. The molecule has 214 valence electrons. The first-order chi connectivity index (χ1) is 18.7. The van der Waals surface area contributed by atoms with E-state index in [4.69, 9.17) is 16.3 Å². The Morgan fingerprint density at radius 2 is 1.67 bits per heavy atom. The molecule has 1 amide bonds. The van der Waals surface area contributed by atoms with E-state index in [-0.39, 0.29) is 12.1 Å². The molecule has 2 N–H and O–H groups in total. The Balaban J connectivity index is 1.32. The van der Waals surface area contributed by atoms with Gasteiger partial charge in [-0.3, -0.25) is 14.6 Å². The fourth-order valence-electron chi connectivity index (χ4n) is 4.71. The zero-order chi connectivity index (χ0) is 27.8. The van der Waals surface area contributed by atoms with E-state index in [1.165, 1.54) is 12.1 Å². The van der Waals surface area contributed by atoms with Crippen LogP contribution < -0.4 is 15.5 Å². The summed E-state index contributed by atoms with van der Waals surface area (Å²) in [6.45, 7) is 7.25. The molecule has 0 aromatic heterocycles. The van der Waals surface area contributed by atoms with E-state index in [9.17, 15) is 22.4 Å². The van der Waals surface area contributed by atoms with Crippen molar-refractivity contribution in [2.45, 2.75) is 19.1 Å². The van der Waals surface area contributed by atoms with Gasteiger partial charge in [0.1, 0.15) is 5.82 Å². The SMILES string of the molecule is O=C(Nc1ccc(Cl)cc1N1CCN(CCC(F)(F)F)CC1)c1ccc(CNCCN2CCOCC2)cc1F. The average Bonchev–Trinajstić information content (AvgIpc) is 2.91. The highest BCUT2D eigenvalue weighted by molar-refractivity contribution is 6.31. The van der Waals surface area contributed by atoms with E-state index in [0.717, 1.165) is 45.0 Å². The standard InChI is InChI=1S/C27H34ClF4N5O2/c28-21-2-4-24(25(18-21)37-11-9-35(10-12-37)7-5-27(30,31)32)34-26(38)22-3-1-20(17-23(22)29)19-33-6-8-36-13-15-39-16-14-36/h1-4,17-18,33H,5-16,19H2,(H,34,38). The number of halogens is 5. The molecule has 12 heteroatoms. The topological polar surface area (TPSA) is 60.1 Å². The third-order valence-electron chi connectivity index (χ3n) is 6.95. The zero-order valence-corrected chi connectivity index (χ0v) is 22.5. The monoisotopic (exact) mass is 571 g/mol. The fourth-order valence-corrected chi connectivity index (χ4v) is 4.87. The number of benzene rings is 2. The Labute approximate surface area is 231 Å². The number of nitrogens with one attached hydrogen (secondary N) is 2. The van der Waals surface area contributed by atoms with Crippen LogP contribution in [0.5, 0.6) is 0 Å². The number of rotatable bonds is 10. The third kappa shape index (κ3) is 9.04. The predicted octanol–water partition coefficient (Wildman–Crippen LogP) is 4.23.